The summed E-state index contributed by atoms with van der Waals surface area (Å²) in [7, 11) is 0. The Balaban J connectivity index is 2.14. The molecule has 2 rings (SSSR count). The summed E-state index contributed by atoms with van der Waals surface area (Å²) in [6.07, 6.45) is 0.518. The summed E-state index contributed by atoms with van der Waals surface area (Å²) in [6.45, 7) is 11.5. The molecule has 138 valence electrons. The van der Waals surface area contributed by atoms with Crippen LogP contribution in [-0.4, -0.2) is 30.0 Å². The molecule has 0 saturated carbocycles. The molecule has 0 atom stereocenters. The van der Waals surface area contributed by atoms with E-state index in [4.69, 9.17) is 14.2 Å². The average molecular weight is 349 g/mol. The normalized spacial score (nSPS) is 14.6. The van der Waals surface area contributed by atoms with Crippen molar-refractivity contribution in [2.45, 2.75) is 65.6 Å². The molecule has 0 saturated heterocycles. The first-order valence-corrected chi connectivity index (χ1v) is 8.49. The molecule has 1 amide bonds. The number of rotatable bonds is 1. The maximum Gasteiger partial charge on any atom is 0.514 e. The highest BCUT2D eigenvalue weighted by Gasteiger charge is 2.28. The van der Waals surface area contributed by atoms with E-state index in [2.05, 4.69) is 0 Å². The maximum atomic E-state index is 12.4. The molecule has 6 heteroatoms. The largest absolute Gasteiger partial charge is 0.514 e. The number of amides is 1. The van der Waals surface area contributed by atoms with Crippen molar-refractivity contribution in [2.75, 3.05) is 11.4 Å². The minimum atomic E-state index is -0.743. The SMILES string of the molecule is CC(C)(C)OC(=O)Oc1ccc2c(c1)CCCN2C(=O)OC(C)(C)C. The molecule has 1 aliphatic heterocycles. The number of fused-ring (bicyclic) bond motifs is 1. The van der Waals surface area contributed by atoms with E-state index in [0.717, 1.165) is 24.1 Å². The Kier molecular flexibility index (Phi) is 5.30. The van der Waals surface area contributed by atoms with Gasteiger partial charge in [0.05, 0.1) is 5.69 Å². The molecule has 0 fully saturated rings. The van der Waals surface area contributed by atoms with Gasteiger partial charge in [0, 0.05) is 6.54 Å². The van der Waals surface area contributed by atoms with Gasteiger partial charge in [0.15, 0.2) is 0 Å². The van der Waals surface area contributed by atoms with E-state index < -0.39 is 17.4 Å². The van der Waals surface area contributed by atoms with Gasteiger partial charge in [-0.25, -0.2) is 9.59 Å². The van der Waals surface area contributed by atoms with Gasteiger partial charge in [0.1, 0.15) is 17.0 Å². The quantitative estimate of drug-likeness (QED) is 0.544. The second-order valence-corrected chi connectivity index (χ2v) is 8.09. The predicted molar refractivity (Wildman–Crippen MR) is 95.2 cm³/mol. The van der Waals surface area contributed by atoms with E-state index in [1.807, 2.05) is 20.8 Å². The molecule has 0 unspecified atom stereocenters. The molecule has 1 aromatic carbocycles. The van der Waals surface area contributed by atoms with E-state index in [-0.39, 0.29) is 6.09 Å². The van der Waals surface area contributed by atoms with Crippen molar-refractivity contribution in [1.82, 2.24) is 0 Å². The molecule has 25 heavy (non-hydrogen) atoms. The number of aryl methyl sites for hydroxylation is 1. The number of hydrogen-bond acceptors (Lipinski definition) is 5. The lowest BCUT2D eigenvalue weighted by Crippen LogP contribution is -2.39. The van der Waals surface area contributed by atoms with E-state index in [0.29, 0.717) is 12.3 Å². The Hall–Kier alpha value is -2.24. The fourth-order valence-electron chi connectivity index (χ4n) is 2.51. The number of hydrogen-bond donors (Lipinski definition) is 0. The van der Waals surface area contributed by atoms with Gasteiger partial charge in [-0.3, -0.25) is 4.90 Å². The summed E-state index contributed by atoms with van der Waals surface area (Å²) in [5.41, 5.74) is 0.572. The Morgan fingerprint density at radius 1 is 1.00 bits per heavy atom. The van der Waals surface area contributed by atoms with Gasteiger partial charge in [-0.15, -0.1) is 0 Å². The lowest BCUT2D eigenvalue weighted by atomic mass is 10.0. The van der Waals surface area contributed by atoms with E-state index in [1.165, 1.54) is 0 Å². The molecule has 6 nitrogen and oxygen atoms in total. The lowest BCUT2D eigenvalue weighted by Gasteiger charge is -2.31. The van der Waals surface area contributed by atoms with Crippen LogP contribution < -0.4 is 9.64 Å². The van der Waals surface area contributed by atoms with Crippen LogP contribution in [0.15, 0.2) is 18.2 Å². The van der Waals surface area contributed by atoms with Crippen LogP contribution in [0.5, 0.6) is 5.75 Å². The van der Waals surface area contributed by atoms with Crippen molar-refractivity contribution >= 4 is 17.9 Å². The summed E-state index contributed by atoms with van der Waals surface area (Å²) in [4.78, 5) is 25.8. The Labute approximate surface area is 149 Å². The second kappa shape index (κ2) is 6.94. The third-order valence-electron chi connectivity index (χ3n) is 3.37. The predicted octanol–water partition coefficient (Wildman–Crippen LogP) is 4.69. The molecule has 1 aliphatic rings. The zero-order valence-electron chi connectivity index (χ0n) is 15.8. The number of nitrogens with zero attached hydrogens (tertiary/aromatic N) is 1. The fraction of sp³-hybridized carbons (Fsp3) is 0.579. The number of benzene rings is 1. The maximum absolute atomic E-state index is 12.4. The average Bonchev–Trinajstić information content (AvgIpc) is 2.42. The van der Waals surface area contributed by atoms with Crippen LogP contribution in [0.3, 0.4) is 0 Å². The monoisotopic (exact) mass is 349 g/mol. The van der Waals surface area contributed by atoms with Crippen LogP contribution in [0.4, 0.5) is 15.3 Å². The summed E-state index contributed by atoms with van der Waals surface area (Å²) < 4.78 is 15.9. The summed E-state index contributed by atoms with van der Waals surface area (Å²) in [5, 5.41) is 0. The topological polar surface area (TPSA) is 65.1 Å². The molecule has 0 bridgehead atoms. The number of carbonyl (C=O) groups excluding carboxylic acids is 2. The van der Waals surface area contributed by atoms with Crippen molar-refractivity contribution in [2.24, 2.45) is 0 Å². The smallest absolute Gasteiger partial charge is 0.443 e. The van der Waals surface area contributed by atoms with Crippen molar-refractivity contribution in [3.05, 3.63) is 23.8 Å². The van der Waals surface area contributed by atoms with Gasteiger partial charge in [-0.05, 0) is 78.1 Å². The third kappa shape index (κ3) is 5.66. The van der Waals surface area contributed by atoms with Crippen LogP contribution in [0.2, 0.25) is 0 Å². The van der Waals surface area contributed by atoms with Crippen molar-refractivity contribution in [1.29, 1.82) is 0 Å². The molecule has 0 aliphatic carbocycles. The standard InChI is InChI=1S/C19H27NO5/c1-18(2,3)24-16(21)20-11-7-8-13-12-14(9-10-15(13)20)23-17(22)25-19(4,5)6/h9-10,12H,7-8,11H2,1-6H3. The minimum Gasteiger partial charge on any atom is -0.443 e. The van der Waals surface area contributed by atoms with Crippen LogP contribution in [0.25, 0.3) is 0 Å². The first-order chi connectivity index (χ1) is 11.4. The first kappa shape index (κ1) is 19.1. The first-order valence-electron chi connectivity index (χ1n) is 8.49. The molecule has 0 radical (unpaired) electrons. The van der Waals surface area contributed by atoms with Crippen molar-refractivity contribution in [3.63, 3.8) is 0 Å². The molecule has 0 N–H and O–H groups in total. The summed E-state index contributed by atoms with van der Waals surface area (Å²) in [6, 6.07) is 5.21. The zero-order valence-corrected chi connectivity index (χ0v) is 15.8. The van der Waals surface area contributed by atoms with Gasteiger partial charge in [-0.2, -0.15) is 0 Å². The number of carbonyl (C=O) groups is 2. The van der Waals surface area contributed by atoms with Gasteiger partial charge in [0.2, 0.25) is 0 Å². The van der Waals surface area contributed by atoms with Crippen LogP contribution in [-0.2, 0) is 15.9 Å². The van der Waals surface area contributed by atoms with Crippen LogP contribution >= 0.6 is 0 Å². The zero-order chi connectivity index (χ0) is 18.8. The molecular formula is C19H27NO5. The van der Waals surface area contributed by atoms with E-state index in [9.17, 15) is 9.59 Å². The van der Waals surface area contributed by atoms with Crippen molar-refractivity contribution < 1.29 is 23.8 Å². The van der Waals surface area contributed by atoms with Gasteiger partial charge in [-0.1, -0.05) is 0 Å². The Morgan fingerprint density at radius 2 is 1.64 bits per heavy atom. The minimum absolute atomic E-state index is 0.366. The molecule has 0 aromatic heterocycles. The summed E-state index contributed by atoms with van der Waals surface area (Å²) in [5.74, 6) is 0.402. The highest BCUT2D eigenvalue weighted by Crippen LogP contribution is 2.32. The lowest BCUT2D eigenvalue weighted by molar-refractivity contribution is 0.0205. The molecule has 1 aromatic rings. The molecule has 1 heterocycles. The van der Waals surface area contributed by atoms with Gasteiger partial charge < -0.3 is 14.2 Å². The number of anilines is 1. The Bertz CT molecular complexity index is 655. The highest BCUT2D eigenvalue weighted by molar-refractivity contribution is 5.89. The number of ether oxygens (including phenoxy) is 3. The van der Waals surface area contributed by atoms with E-state index in [1.54, 1.807) is 43.9 Å². The van der Waals surface area contributed by atoms with Crippen molar-refractivity contribution in [3.8, 4) is 5.75 Å². The van der Waals surface area contributed by atoms with Crippen LogP contribution in [0.1, 0.15) is 53.5 Å². The third-order valence-corrected chi connectivity index (χ3v) is 3.37. The molecular weight excluding hydrogens is 322 g/mol. The van der Waals surface area contributed by atoms with E-state index >= 15 is 0 Å². The van der Waals surface area contributed by atoms with Crippen LogP contribution in [0, 0.1) is 0 Å². The highest BCUT2D eigenvalue weighted by atomic mass is 16.7. The van der Waals surface area contributed by atoms with Gasteiger partial charge in [0.25, 0.3) is 0 Å². The molecule has 0 spiro atoms. The van der Waals surface area contributed by atoms with Gasteiger partial charge >= 0.3 is 12.2 Å². The fourth-order valence-corrected chi connectivity index (χ4v) is 2.51. The Morgan fingerprint density at radius 3 is 2.24 bits per heavy atom. The summed E-state index contributed by atoms with van der Waals surface area (Å²) >= 11 is 0. The second-order valence-electron chi connectivity index (χ2n) is 8.09.